The molecule has 0 aromatic heterocycles. The number of aliphatic hydroxyl groups excluding tert-OH is 1. The Morgan fingerprint density at radius 3 is 2.50 bits per heavy atom. The Labute approximate surface area is 92.9 Å². The smallest absolute Gasteiger partial charge is 0.0610 e. The van der Waals surface area contributed by atoms with Gasteiger partial charge in [-0.3, -0.25) is 0 Å². The largest absolute Gasteiger partial charge is 0.394 e. The Hall–Kier alpha value is 0.270. The lowest BCUT2D eigenvalue weighted by Crippen LogP contribution is -2.46. The zero-order valence-electron chi connectivity index (χ0n) is 9.97. The van der Waals surface area contributed by atoms with Crippen LogP contribution in [-0.4, -0.2) is 34.8 Å². The Morgan fingerprint density at radius 1 is 1.43 bits per heavy atom. The number of aliphatic hydroxyl groups is 1. The van der Waals surface area contributed by atoms with Crippen molar-refractivity contribution in [1.29, 1.82) is 0 Å². The zero-order chi connectivity index (χ0) is 11.0. The molecule has 0 aromatic carbocycles. The molecule has 0 heterocycles. The second-order valence-electron chi connectivity index (χ2n) is 4.09. The number of hydrogen-bond acceptors (Lipinski definition) is 3. The van der Waals surface area contributed by atoms with Gasteiger partial charge in [0, 0.05) is 10.8 Å². The highest BCUT2D eigenvalue weighted by Gasteiger charge is 2.21. The van der Waals surface area contributed by atoms with Gasteiger partial charge in [0.15, 0.2) is 0 Å². The maximum absolute atomic E-state index is 9.27. The predicted molar refractivity (Wildman–Crippen MR) is 66.0 cm³/mol. The molecule has 0 saturated carbocycles. The van der Waals surface area contributed by atoms with Gasteiger partial charge in [-0.05, 0) is 32.1 Å². The topological polar surface area (TPSA) is 32.3 Å². The second kappa shape index (κ2) is 7.55. The van der Waals surface area contributed by atoms with Crippen LogP contribution >= 0.6 is 11.8 Å². The van der Waals surface area contributed by atoms with Crippen LogP contribution in [0.1, 0.15) is 40.5 Å². The molecule has 0 radical (unpaired) electrons. The lowest BCUT2D eigenvalue weighted by Gasteiger charge is -2.28. The summed E-state index contributed by atoms with van der Waals surface area (Å²) in [4.78, 5) is 0. The van der Waals surface area contributed by atoms with Gasteiger partial charge >= 0.3 is 0 Å². The van der Waals surface area contributed by atoms with E-state index >= 15 is 0 Å². The van der Waals surface area contributed by atoms with Gasteiger partial charge in [0.1, 0.15) is 0 Å². The third-order valence-corrected chi connectivity index (χ3v) is 3.93. The van der Waals surface area contributed by atoms with Crippen LogP contribution in [0.15, 0.2) is 0 Å². The lowest BCUT2D eigenvalue weighted by molar-refractivity contribution is 0.173. The molecule has 0 spiro atoms. The van der Waals surface area contributed by atoms with Gasteiger partial charge in [0.2, 0.25) is 0 Å². The fourth-order valence-corrected chi connectivity index (χ4v) is 2.46. The van der Waals surface area contributed by atoms with Crippen molar-refractivity contribution in [3.63, 3.8) is 0 Å². The van der Waals surface area contributed by atoms with Crippen molar-refractivity contribution in [3.8, 4) is 0 Å². The van der Waals surface area contributed by atoms with Crippen LogP contribution in [0.3, 0.4) is 0 Å². The molecule has 0 aliphatic carbocycles. The van der Waals surface area contributed by atoms with E-state index in [0.29, 0.717) is 0 Å². The molecule has 2 N–H and O–H groups in total. The van der Waals surface area contributed by atoms with E-state index < -0.39 is 0 Å². The first-order chi connectivity index (χ1) is 6.58. The van der Waals surface area contributed by atoms with Gasteiger partial charge in [-0.25, -0.2) is 0 Å². The average Bonchev–Trinajstić information content (AvgIpc) is 2.18. The van der Waals surface area contributed by atoms with Crippen molar-refractivity contribution in [2.24, 2.45) is 0 Å². The first-order valence-corrected chi connectivity index (χ1v) is 6.60. The monoisotopic (exact) mass is 219 g/mol. The number of likely N-dealkylation sites (N-methyl/N-ethyl adjacent to an activating group) is 1. The third-order valence-electron chi connectivity index (χ3n) is 2.58. The molecule has 0 rings (SSSR count). The number of hydrogen-bond donors (Lipinski definition) is 2. The molecule has 0 bridgehead atoms. The summed E-state index contributed by atoms with van der Waals surface area (Å²) in [6.07, 6.45) is 2.26. The van der Waals surface area contributed by atoms with Crippen molar-refractivity contribution in [2.45, 2.75) is 51.3 Å². The minimum Gasteiger partial charge on any atom is -0.394 e. The van der Waals surface area contributed by atoms with Crippen LogP contribution < -0.4 is 5.32 Å². The van der Waals surface area contributed by atoms with E-state index in [1.54, 1.807) is 0 Å². The highest BCUT2D eigenvalue weighted by atomic mass is 32.2. The first-order valence-electron chi connectivity index (χ1n) is 5.55. The minimum absolute atomic E-state index is 0.0881. The molecular formula is C11H25NOS. The van der Waals surface area contributed by atoms with E-state index in [9.17, 15) is 5.11 Å². The lowest BCUT2D eigenvalue weighted by atomic mass is 10.0. The molecule has 0 aromatic rings. The van der Waals surface area contributed by atoms with E-state index in [2.05, 4.69) is 33.0 Å². The Kier molecular flexibility index (Phi) is 7.69. The van der Waals surface area contributed by atoms with Crippen molar-refractivity contribution in [3.05, 3.63) is 0 Å². The average molecular weight is 219 g/mol. The van der Waals surface area contributed by atoms with Crippen molar-refractivity contribution in [2.75, 3.05) is 18.9 Å². The summed E-state index contributed by atoms with van der Waals surface area (Å²) in [6.45, 7) is 9.79. The van der Waals surface area contributed by atoms with Crippen LogP contribution in [0.5, 0.6) is 0 Å². The van der Waals surface area contributed by atoms with E-state index in [1.165, 1.54) is 6.42 Å². The fourth-order valence-electron chi connectivity index (χ4n) is 1.25. The molecule has 86 valence electrons. The fraction of sp³-hybridized carbons (Fsp3) is 1.00. The third kappa shape index (κ3) is 5.89. The maximum Gasteiger partial charge on any atom is 0.0610 e. The van der Waals surface area contributed by atoms with Gasteiger partial charge in [-0.2, -0.15) is 11.8 Å². The van der Waals surface area contributed by atoms with Crippen LogP contribution in [0.2, 0.25) is 0 Å². The summed E-state index contributed by atoms with van der Waals surface area (Å²) in [7, 11) is 0. The Morgan fingerprint density at radius 2 is 2.07 bits per heavy atom. The number of thioether (sulfide) groups is 1. The zero-order valence-corrected chi connectivity index (χ0v) is 10.8. The molecule has 2 atom stereocenters. The molecule has 2 unspecified atom stereocenters. The highest BCUT2D eigenvalue weighted by molar-refractivity contribution is 7.99. The molecular weight excluding hydrogens is 194 g/mol. The molecule has 0 fully saturated rings. The molecule has 0 saturated heterocycles. The molecule has 3 heteroatoms. The van der Waals surface area contributed by atoms with Gasteiger partial charge in [0.05, 0.1) is 6.61 Å². The SMILES string of the molecule is CCNC(C)(CO)CCSC(C)CC. The number of nitrogens with one attached hydrogen (secondary N) is 1. The quantitative estimate of drug-likeness (QED) is 0.657. The summed E-state index contributed by atoms with van der Waals surface area (Å²) < 4.78 is 0. The Balaban J connectivity index is 3.72. The van der Waals surface area contributed by atoms with E-state index in [0.717, 1.165) is 24.0 Å². The summed E-state index contributed by atoms with van der Waals surface area (Å²) in [5, 5.41) is 13.3. The number of rotatable bonds is 8. The normalized spacial score (nSPS) is 17.8. The van der Waals surface area contributed by atoms with Gasteiger partial charge in [-0.1, -0.05) is 20.8 Å². The summed E-state index contributed by atoms with van der Waals surface area (Å²) in [5.41, 5.74) is -0.0881. The van der Waals surface area contributed by atoms with Crippen molar-refractivity contribution < 1.29 is 5.11 Å². The van der Waals surface area contributed by atoms with Crippen LogP contribution in [0.4, 0.5) is 0 Å². The molecule has 2 nitrogen and oxygen atoms in total. The first kappa shape index (κ1) is 14.3. The standard InChI is InChI=1S/C11H25NOS/c1-5-10(3)14-8-7-11(4,9-13)12-6-2/h10,12-13H,5-9H2,1-4H3. The minimum atomic E-state index is -0.0881. The molecule has 0 amide bonds. The summed E-state index contributed by atoms with van der Waals surface area (Å²) in [5.74, 6) is 1.12. The summed E-state index contributed by atoms with van der Waals surface area (Å²) >= 11 is 1.99. The van der Waals surface area contributed by atoms with Crippen molar-refractivity contribution in [1.82, 2.24) is 5.32 Å². The van der Waals surface area contributed by atoms with E-state index in [4.69, 9.17) is 0 Å². The second-order valence-corrected chi connectivity index (χ2v) is 5.64. The van der Waals surface area contributed by atoms with E-state index in [1.807, 2.05) is 11.8 Å². The van der Waals surface area contributed by atoms with Gasteiger partial charge < -0.3 is 10.4 Å². The van der Waals surface area contributed by atoms with E-state index in [-0.39, 0.29) is 12.1 Å². The maximum atomic E-state index is 9.27. The van der Waals surface area contributed by atoms with Crippen LogP contribution in [-0.2, 0) is 0 Å². The van der Waals surface area contributed by atoms with Crippen LogP contribution in [0.25, 0.3) is 0 Å². The molecule has 0 aliphatic heterocycles. The van der Waals surface area contributed by atoms with Crippen molar-refractivity contribution >= 4 is 11.8 Å². The predicted octanol–water partition coefficient (Wildman–Crippen LogP) is 2.27. The summed E-state index contributed by atoms with van der Waals surface area (Å²) in [6, 6.07) is 0. The van der Waals surface area contributed by atoms with Gasteiger partial charge in [0.25, 0.3) is 0 Å². The Bertz CT molecular complexity index is 143. The van der Waals surface area contributed by atoms with Crippen LogP contribution in [0, 0.1) is 0 Å². The van der Waals surface area contributed by atoms with Gasteiger partial charge in [-0.15, -0.1) is 0 Å². The highest BCUT2D eigenvalue weighted by Crippen LogP contribution is 2.19. The molecule has 0 aliphatic rings. The molecule has 14 heavy (non-hydrogen) atoms.